The standard InChI is InChI=1S/C18H20N2O6/c21-14-7-3-1-5-12(14)18(17(25)26,13-6-2-4-8-15(13)22)20-10-9-19-11-16(23)24/h1-8,19-22H,9-11H2,(H,23,24)(H,25,26). The molecule has 0 aliphatic rings. The molecule has 26 heavy (non-hydrogen) atoms. The lowest BCUT2D eigenvalue weighted by Crippen LogP contribution is -2.52. The van der Waals surface area contributed by atoms with Gasteiger partial charge in [0.25, 0.3) is 0 Å². The van der Waals surface area contributed by atoms with Gasteiger partial charge in [-0.2, -0.15) is 0 Å². The topological polar surface area (TPSA) is 139 Å². The van der Waals surface area contributed by atoms with Gasteiger partial charge in [-0.1, -0.05) is 36.4 Å². The Labute approximate surface area is 149 Å². The van der Waals surface area contributed by atoms with Crippen LogP contribution in [0, 0.1) is 0 Å². The third kappa shape index (κ3) is 3.93. The number of benzene rings is 2. The average molecular weight is 360 g/mol. The lowest BCUT2D eigenvalue weighted by Gasteiger charge is -2.32. The number of carbonyl (C=O) groups is 2. The van der Waals surface area contributed by atoms with Gasteiger partial charge in [0.1, 0.15) is 11.5 Å². The van der Waals surface area contributed by atoms with Crippen LogP contribution in [0.15, 0.2) is 48.5 Å². The first kappa shape index (κ1) is 19.2. The molecule has 0 fully saturated rings. The minimum atomic E-state index is -1.92. The second-order valence-corrected chi connectivity index (χ2v) is 5.59. The molecule has 0 aliphatic carbocycles. The summed E-state index contributed by atoms with van der Waals surface area (Å²) in [5, 5.41) is 44.7. The van der Waals surface area contributed by atoms with Crippen LogP contribution >= 0.6 is 0 Å². The van der Waals surface area contributed by atoms with E-state index in [1.165, 1.54) is 24.3 Å². The number of nitrogens with one attached hydrogen (secondary N) is 2. The molecule has 0 heterocycles. The molecule has 2 aromatic carbocycles. The maximum absolute atomic E-state index is 12.3. The Hall–Kier alpha value is -3.10. The van der Waals surface area contributed by atoms with E-state index in [-0.39, 0.29) is 42.3 Å². The van der Waals surface area contributed by atoms with E-state index in [2.05, 4.69) is 10.6 Å². The van der Waals surface area contributed by atoms with Crippen LogP contribution in [0.5, 0.6) is 11.5 Å². The number of phenolic OH excluding ortho intramolecular Hbond substituents is 2. The van der Waals surface area contributed by atoms with Crippen molar-refractivity contribution in [2.24, 2.45) is 0 Å². The van der Waals surface area contributed by atoms with Crippen LogP contribution in [-0.4, -0.2) is 52.0 Å². The van der Waals surface area contributed by atoms with Crippen LogP contribution in [0.25, 0.3) is 0 Å². The average Bonchev–Trinajstić information content (AvgIpc) is 2.59. The molecule has 138 valence electrons. The predicted octanol–water partition coefficient (Wildman–Crippen LogP) is 0.690. The Morgan fingerprint density at radius 3 is 1.77 bits per heavy atom. The second-order valence-electron chi connectivity index (χ2n) is 5.59. The molecule has 2 rings (SSSR count). The number of aromatic hydroxyl groups is 2. The van der Waals surface area contributed by atoms with Crippen molar-refractivity contribution in [3.8, 4) is 11.5 Å². The second kappa shape index (κ2) is 8.32. The minimum Gasteiger partial charge on any atom is -0.508 e. The van der Waals surface area contributed by atoms with Gasteiger partial charge in [0.05, 0.1) is 6.54 Å². The molecule has 0 radical (unpaired) electrons. The molecule has 0 spiro atoms. The quantitative estimate of drug-likeness (QED) is 0.359. The SMILES string of the molecule is O=C(O)CNCCNC(C(=O)O)(c1ccccc1O)c1ccccc1O. The molecule has 8 heteroatoms. The first-order valence-electron chi connectivity index (χ1n) is 7.87. The number of carboxylic acid groups (broad SMARTS) is 2. The summed E-state index contributed by atoms with van der Waals surface area (Å²) in [6, 6.07) is 11.9. The van der Waals surface area contributed by atoms with Crippen LogP contribution in [-0.2, 0) is 15.1 Å². The molecule has 6 N–H and O–H groups in total. The van der Waals surface area contributed by atoms with Crippen molar-refractivity contribution in [3.63, 3.8) is 0 Å². The van der Waals surface area contributed by atoms with Crippen molar-refractivity contribution >= 4 is 11.9 Å². The predicted molar refractivity (Wildman–Crippen MR) is 93.1 cm³/mol. The highest BCUT2D eigenvalue weighted by Crippen LogP contribution is 2.39. The number of rotatable bonds is 9. The number of phenols is 2. The fourth-order valence-electron chi connectivity index (χ4n) is 2.76. The van der Waals surface area contributed by atoms with Gasteiger partial charge in [0.15, 0.2) is 5.54 Å². The van der Waals surface area contributed by atoms with E-state index in [4.69, 9.17) is 5.11 Å². The number of para-hydroxylation sites is 2. The molecule has 2 aromatic rings. The number of hydrogen-bond donors (Lipinski definition) is 6. The van der Waals surface area contributed by atoms with Gasteiger partial charge < -0.3 is 25.7 Å². The zero-order chi connectivity index (χ0) is 19.2. The smallest absolute Gasteiger partial charge is 0.333 e. The highest BCUT2D eigenvalue weighted by Gasteiger charge is 2.45. The maximum Gasteiger partial charge on any atom is 0.333 e. The monoisotopic (exact) mass is 360 g/mol. The molecule has 0 saturated carbocycles. The number of carboxylic acids is 2. The molecule has 0 saturated heterocycles. The van der Waals surface area contributed by atoms with E-state index in [0.29, 0.717) is 0 Å². The summed E-state index contributed by atoms with van der Waals surface area (Å²) in [4.78, 5) is 22.9. The summed E-state index contributed by atoms with van der Waals surface area (Å²) in [7, 11) is 0. The Bertz CT molecular complexity index is 747. The highest BCUT2D eigenvalue weighted by atomic mass is 16.4. The Kier molecular flexibility index (Phi) is 6.16. The molecular formula is C18H20N2O6. The van der Waals surface area contributed by atoms with Crippen molar-refractivity contribution < 1.29 is 30.0 Å². The van der Waals surface area contributed by atoms with Gasteiger partial charge >= 0.3 is 11.9 Å². The van der Waals surface area contributed by atoms with E-state index in [0.717, 1.165) is 0 Å². The van der Waals surface area contributed by atoms with Gasteiger partial charge in [-0.3, -0.25) is 10.1 Å². The zero-order valence-corrected chi connectivity index (χ0v) is 13.8. The van der Waals surface area contributed by atoms with E-state index in [9.17, 15) is 24.9 Å². The fourth-order valence-corrected chi connectivity index (χ4v) is 2.76. The summed E-state index contributed by atoms with van der Waals surface area (Å²) in [6.07, 6.45) is 0. The van der Waals surface area contributed by atoms with Crippen LogP contribution < -0.4 is 10.6 Å². The van der Waals surface area contributed by atoms with Crippen molar-refractivity contribution in [2.45, 2.75) is 5.54 Å². The third-order valence-electron chi connectivity index (χ3n) is 3.91. The van der Waals surface area contributed by atoms with Crippen LogP contribution in [0.3, 0.4) is 0 Å². The van der Waals surface area contributed by atoms with Crippen LogP contribution in [0.2, 0.25) is 0 Å². The van der Waals surface area contributed by atoms with E-state index in [1.54, 1.807) is 24.3 Å². The molecule has 0 aliphatic heterocycles. The van der Waals surface area contributed by atoms with Crippen LogP contribution in [0.4, 0.5) is 0 Å². The molecule has 0 atom stereocenters. The van der Waals surface area contributed by atoms with Crippen molar-refractivity contribution in [1.29, 1.82) is 0 Å². The first-order valence-corrected chi connectivity index (χ1v) is 7.87. The van der Waals surface area contributed by atoms with Gasteiger partial charge in [-0.25, -0.2) is 4.79 Å². The molecule has 0 bridgehead atoms. The van der Waals surface area contributed by atoms with Crippen molar-refractivity contribution in [3.05, 3.63) is 59.7 Å². The maximum atomic E-state index is 12.3. The molecule has 0 amide bonds. The summed E-state index contributed by atoms with van der Waals surface area (Å²) in [5.41, 5.74) is -1.79. The van der Waals surface area contributed by atoms with E-state index >= 15 is 0 Å². The van der Waals surface area contributed by atoms with Gasteiger partial charge in [0.2, 0.25) is 0 Å². The molecule has 0 aromatic heterocycles. The van der Waals surface area contributed by atoms with Crippen molar-refractivity contribution in [1.82, 2.24) is 10.6 Å². The minimum absolute atomic E-state index is 0.0623. The highest BCUT2D eigenvalue weighted by molar-refractivity contribution is 5.87. The van der Waals surface area contributed by atoms with E-state index in [1.807, 2.05) is 0 Å². The molecule has 8 nitrogen and oxygen atoms in total. The van der Waals surface area contributed by atoms with Crippen molar-refractivity contribution in [2.75, 3.05) is 19.6 Å². The summed E-state index contributed by atoms with van der Waals surface area (Å²) in [6.45, 7) is -0.0281. The van der Waals surface area contributed by atoms with Gasteiger partial charge in [-0.15, -0.1) is 0 Å². The third-order valence-corrected chi connectivity index (χ3v) is 3.91. The lowest BCUT2D eigenvalue weighted by molar-refractivity contribution is -0.143. The molecule has 0 unspecified atom stereocenters. The lowest BCUT2D eigenvalue weighted by atomic mass is 9.81. The summed E-state index contributed by atoms with van der Waals surface area (Å²) >= 11 is 0. The normalized spacial score (nSPS) is 11.2. The largest absolute Gasteiger partial charge is 0.508 e. The zero-order valence-electron chi connectivity index (χ0n) is 13.8. The fraction of sp³-hybridized carbons (Fsp3) is 0.222. The van der Waals surface area contributed by atoms with Gasteiger partial charge in [-0.05, 0) is 12.1 Å². The first-order chi connectivity index (χ1) is 12.4. The van der Waals surface area contributed by atoms with Gasteiger partial charge in [0, 0.05) is 24.2 Å². The summed E-state index contributed by atoms with van der Waals surface area (Å²) in [5.74, 6) is -2.84. The van der Waals surface area contributed by atoms with Crippen LogP contribution in [0.1, 0.15) is 11.1 Å². The number of aliphatic carboxylic acids is 2. The Morgan fingerprint density at radius 1 is 0.846 bits per heavy atom. The molecular weight excluding hydrogens is 340 g/mol. The number of hydrogen-bond acceptors (Lipinski definition) is 6. The Morgan fingerprint density at radius 2 is 1.35 bits per heavy atom. The van der Waals surface area contributed by atoms with E-state index < -0.39 is 17.5 Å². The Balaban J connectivity index is 2.46. The summed E-state index contributed by atoms with van der Waals surface area (Å²) < 4.78 is 0.